The van der Waals surface area contributed by atoms with Crippen molar-refractivity contribution in [2.24, 2.45) is 0 Å². The molecule has 2 N–H and O–H groups in total. The molecule has 5 heteroatoms. The van der Waals surface area contributed by atoms with E-state index in [2.05, 4.69) is 12.1 Å². The van der Waals surface area contributed by atoms with Gasteiger partial charge >= 0.3 is 5.97 Å². The van der Waals surface area contributed by atoms with Crippen LogP contribution >= 0.6 is 23.2 Å². The van der Waals surface area contributed by atoms with Crippen molar-refractivity contribution in [2.45, 2.75) is 0 Å². The highest BCUT2D eigenvalue weighted by atomic mass is 35.5. The molecule has 62 valence electrons. The maximum absolute atomic E-state index is 10.5. The van der Waals surface area contributed by atoms with Gasteiger partial charge in [-0.25, -0.2) is 4.79 Å². The Kier molecular flexibility index (Phi) is 2.32. The van der Waals surface area contributed by atoms with E-state index >= 15 is 0 Å². The lowest BCUT2D eigenvalue weighted by Crippen LogP contribution is -1.97. The molecule has 0 unspecified atom stereocenters. The van der Waals surface area contributed by atoms with E-state index in [1.165, 1.54) is 0 Å². The maximum Gasteiger partial charge on any atom is 0.341 e. The number of hydrogen-bond acceptors (Lipinski definition) is 2. The normalized spacial score (nSPS) is 9.17. The molecule has 0 saturated carbocycles. The summed E-state index contributed by atoms with van der Waals surface area (Å²) < 4.78 is 0. The number of rotatable bonds is 1. The second-order valence-electron chi connectivity index (χ2n) is 1.91. The van der Waals surface area contributed by atoms with E-state index < -0.39 is 17.3 Å². The third kappa shape index (κ3) is 1.40. The Morgan fingerprint density at radius 1 is 1.25 bits per heavy atom. The van der Waals surface area contributed by atoms with Crippen LogP contribution < -0.4 is 0 Å². The fraction of sp³-hybridized carbons (Fsp3) is 0. The van der Waals surface area contributed by atoms with Crippen LogP contribution in [0.5, 0.6) is 5.75 Å². The molecule has 0 aliphatic carbocycles. The Bertz CT molecular complexity index is 336. The summed E-state index contributed by atoms with van der Waals surface area (Å²) in [7, 11) is 0. The van der Waals surface area contributed by atoms with Crippen molar-refractivity contribution >= 4 is 29.2 Å². The maximum atomic E-state index is 10.5. The largest absolute Gasteiger partial charge is 0.505 e. The van der Waals surface area contributed by atoms with E-state index in [9.17, 15) is 4.79 Å². The Labute approximate surface area is 78.2 Å². The van der Waals surface area contributed by atoms with Crippen LogP contribution in [0.1, 0.15) is 10.4 Å². The molecule has 0 aliphatic rings. The van der Waals surface area contributed by atoms with Gasteiger partial charge in [0, 0.05) is 0 Å². The second kappa shape index (κ2) is 3.10. The van der Waals surface area contributed by atoms with Crippen molar-refractivity contribution in [3.63, 3.8) is 0 Å². The molecular formula is C7H2Cl2O3. The zero-order valence-electron chi connectivity index (χ0n) is 5.56. The number of halogens is 2. The number of carbonyl (C=O) groups is 1. The van der Waals surface area contributed by atoms with Crippen molar-refractivity contribution in [3.8, 4) is 5.75 Å². The minimum absolute atomic E-state index is 0.211. The van der Waals surface area contributed by atoms with Crippen molar-refractivity contribution in [2.75, 3.05) is 0 Å². The molecule has 0 saturated heterocycles. The highest BCUT2D eigenvalue weighted by Gasteiger charge is 2.16. The first-order chi connectivity index (χ1) is 5.54. The van der Waals surface area contributed by atoms with Gasteiger partial charge < -0.3 is 10.2 Å². The van der Waals surface area contributed by atoms with Crippen LogP contribution in [0.15, 0.2) is 0 Å². The first kappa shape index (κ1) is 8.98. The van der Waals surface area contributed by atoms with E-state index in [0.29, 0.717) is 0 Å². The van der Waals surface area contributed by atoms with Gasteiger partial charge in [-0.3, -0.25) is 0 Å². The average molecular weight is 205 g/mol. The lowest BCUT2D eigenvalue weighted by atomic mass is 10.2. The summed E-state index contributed by atoms with van der Waals surface area (Å²) in [6.07, 6.45) is 0. The monoisotopic (exact) mass is 204 g/mol. The number of carboxylic acids is 1. The molecule has 0 radical (unpaired) electrons. The van der Waals surface area contributed by atoms with Gasteiger partial charge in [-0.15, -0.1) is 0 Å². The minimum Gasteiger partial charge on any atom is -0.505 e. The summed E-state index contributed by atoms with van der Waals surface area (Å²) in [6, 6.07) is 4.52. The number of carboxylic acid groups (broad SMARTS) is 1. The summed E-state index contributed by atoms with van der Waals surface area (Å²) >= 11 is 10.8. The van der Waals surface area contributed by atoms with Crippen molar-refractivity contribution in [3.05, 3.63) is 27.7 Å². The molecule has 3 nitrogen and oxygen atoms in total. The van der Waals surface area contributed by atoms with Crippen LogP contribution in [-0.4, -0.2) is 16.2 Å². The van der Waals surface area contributed by atoms with E-state index in [1.807, 2.05) is 0 Å². The van der Waals surface area contributed by atoms with Gasteiger partial charge in [-0.2, -0.15) is 0 Å². The van der Waals surface area contributed by atoms with Crippen LogP contribution in [0.25, 0.3) is 0 Å². The van der Waals surface area contributed by atoms with Crippen molar-refractivity contribution in [1.29, 1.82) is 0 Å². The third-order valence-corrected chi connectivity index (χ3v) is 1.72. The molecule has 0 spiro atoms. The second-order valence-corrected chi connectivity index (χ2v) is 2.66. The van der Waals surface area contributed by atoms with Gasteiger partial charge in [-0.1, -0.05) is 23.2 Å². The molecule has 1 aromatic rings. The van der Waals surface area contributed by atoms with Crippen molar-refractivity contribution in [1.82, 2.24) is 0 Å². The zero-order valence-corrected chi connectivity index (χ0v) is 7.07. The molecule has 0 heterocycles. The van der Waals surface area contributed by atoms with E-state index in [0.717, 1.165) is 0 Å². The fourth-order valence-corrected chi connectivity index (χ4v) is 1.000. The highest BCUT2D eigenvalue weighted by Crippen LogP contribution is 2.29. The number of aromatic hydroxyl groups is 1. The Morgan fingerprint density at radius 2 is 1.75 bits per heavy atom. The summed E-state index contributed by atoms with van der Waals surface area (Å²) in [5.74, 6) is -1.95. The zero-order chi connectivity index (χ0) is 9.30. The van der Waals surface area contributed by atoms with Gasteiger partial charge in [0.15, 0.2) is 5.75 Å². The topological polar surface area (TPSA) is 57.5 Å². The average Bonchev–Trinajstić information content (AvgIpc) is 1.97. The van der Waals surface area contributed by atoms with E-state index in [1.54, 1.807) is 0 Å². The van der Waals surface area contributed by atoms with Gasteiger partial charge in [0.05, 0.1) is 0 Å². The molecule has 1 aromatic carbocycles. The van der Waals surface area contributed by atoms with E-state index in [-0.39, 0.29) is 10.0 Å². The summed E-state index contributed by atoms with van der Waals surface area (Å²) in [6.45, 7) is 0. The Balaban J connectivity index is 3.43. The van der Waals surface area contributed by atoms with Gasteiger partial charge in [0.2, 0.25) is 0 Å². The quantitative estimate of drug-likeness (QED) is 0.736. The number of aromatic carboxylic acids is 1. The molecule has 0 atom stereocenters. The van der Waals surface area contributed by atoms with Gasteiger partial charge in [0.1, 0.15) is 15.6 Å². The first-order valence-electron chi connectivity index (χ1n) is 2.78. The van der Waals surface area contributed by atoms with Crippen LogP contribution in [-0.2, 0) is 0 Å². The first-order valence-corrected chi connectivity index (χ1v) is 3.54. The molecule has 1 rings (SSSR count). The fourth-order valence-electron chi connectivity index (χ4n) is 0.640. The Morgan fingerprint density at radius 3 is 2.17 bits per heavy atom. The van der Waals surface area contributed by atoms with E-state index in [4.69, 9.17) is 33.4 Å². The van der Waals surface area contributed by atoms with Crippen LogP contribution in [0.2, 0.25) is 10.0 Å². The third-order valence-electron chi connectivity index (χ3n) is 1.16. The summed E-state index contributed by atoms with van der Waals surface area (Å²) in [5.41, 5.74) is -0.458. The molecule has 0 bridgehead atoms. The molecule has 0 fully saturated rings. The molecular weight excluding hydrogens is 203 g/mol. The molecule has 0 aromatic heterocycles. The minimum atomic E-state index is -1.36. The highest BCUT2D eigenvalue weighted by molar-refractivity contribution is 6.36. The van der Waals surface area contributed by atoms with Crippen LogP contribution in [0.4, 0.5) is 0 Å². The summed E-state index contributed by atoms with van der Waals surface area (Å²) in [5, 5.41) is 17.2. The number of hydrogen-bond donors (Lipinski definition) is 2. The lowest BCUT2D eigenvalue weighted by Gasteiger charge is -1.98. The van der Waals surface area contributed by atoms with Crippen molar-refractivity contribution < 1.29 is 15.0 Å². The lowest BCUT2D eigenvalue weighted by molar-refractivity contribution is 0.0694. The predicted octanol–water partition coefficient (Wildman–Crippen LogP) is 2.00. The molecule has 0 aliphatic heterocycles. The van der Waals surface area contributed by atoms with Crippen LogP contribution in [0, 0.1) is 12.1 Å². The SMILES string of the molecule is O=C(O)c1c(Cl)c#cc(Cl)c1O. The standard InChI is InChI=1S/C7H2Cl2O3/c8-3-1-2-4(9)6(10)5(3)7(11)12/h10H,(H,11,12). The Hall–Kier alpha value is -1.11. The predicted molar refractivity (Wildman–Crippen MR) is 42.8 cm³/mol. The van der Waals surface area contributed by atoms with Gasteiger partial charge in [0.25, 0.3) is 0 Å². The molecule has 12 heavy (non-hydrogen) atoms. The molecule has 0 amide bonds. The smallest absolute Gasteiger partial charge is 0.341 e. The van der Waals surface area contributed by atoms with Gasteiger partial charge in [-0.05, 0) is 12.1 Å². The van der Waals surface area contributed by atoms with Crippen LogP contribution in [0.3, 0.4) is 0 Å². The summed E-state index contributed by atoms with van der Waals surface area (Å²) in [4.78, 5) is 10.5.